The molecule has 0 fully saturated rings. The standard InChI is InChI=1S/C9H12ClN3O4S/c1-6(5-11)12-18(16,17)7-2-3-8(10)9(4-7)13(14)15/h2-4,6,12H,5,11H2,1H3/t6-/m1/s1. The molecule has 0 saturated carbocycles. The SMILES string of the molecule is C[C@H](CN)NS(=O)(=O)c1ccc(Cl)c([N+](=O)[O-])c1. The Morgan fingerprint density at radius 2 is 2.17 bits per heavy atom. The number of nitrogens with one attached hydrogen (secondary N) is 1. The van der Waals surface area contributed by atoms with Crippen molar-refractivity contribution in [3.63, 3.8) is 0 Å². The van der Waals surface area contributed by atoms with Gasteiger partial charge in [-0.15, -0.1) is 0 Å². The Kier molecular flexibility index (Phi) is 4.63. The number of rotatable bonds is 5. The minimum atomic E-state index is -3.84. The maximum absolute atomic E-state index is 11.9. The van der Waals surface area contributed by atoms with E-state index in [-0.39, 0.29) is 16.5 Å². The Bertz CT molecular complexity index is 561. The zero-order chi connectivity index (χ0) is 13.9. The lowest BCUT2D eigenvalue weighted by Gasteiger charge is -2.11. The molecule has 7 nitrogen and oxygen atoms in total. The maximum Gasteiger partial charge on any atom is 0.289 e. The van der Waals surface area contributed by atoms with Crippen molar-refractivity contribution in [1.82, 2.24) is 4.72 Å². The molecule has 0 aliphatic carbocycles. The number of sulfonamides is 1. The first-order chi connectivity index (χ1) is 8.27. The summed E-state index contributed by atoms with van der Waals surface area (Å²) in [6.07, 6.45) is 0. The predicted octanol–water partition coefficient (Wildman–Crippen LogP) is 0.874. The Morgan fingerprint density at radius 3 is 2.67 bits per heavy atom. The summed E-state index contributed by atoms with van der Waals surface area (Å²) in [5.41, 5.74) is 4.84. The number of halogens is 1. The van der Waals surface area contributed by atoms with Crippen molar-refractivity contribution >= 4 is 27.3 Å². The molecule has 1 aromatic carbocycles. The first kappa shape index (κ1) is 14.8. The number of benzene rings is 1. The average molecular weight is 294 g/mol. The van der Waals surface area contributed by atoms with Gasteiger partial charge in [-0.25, -0.2) is 13.1 Å². The van der Waals surface area contributed by atoms with Crippen molar-refractivity contribution in [2.75, 3.05) is 6.54 Å². The fourth-order valence-corrected chi connectivity index (χ4v) is 2.64. The first-order valence-electron chi connectivity index (χ1n) is 4.94. The van der Waals surface area contributed by atoms with E-state index in [1.165, 1.54) is 12.1 Å². The van der Waals surface area contributed by atoms with Crippen LogP contribution in [0.4, 0.5) is 5.69 Å². The van der Waals surface area contributed by atoms with E-state index in [9.17, 15) is 18.5 Å². The molecule has 1 atom stereocenters. The second kappa shape index (κ2) is 5.61. The lowest BCUT2D eigenvalue weighted by molar-refractivity contribution is -0.384. The third-order valence-electron chi connectivity index (χ3n) is 2.13. The highest BCUT2D eigenvalue weighted by molar-refractivity contribution is 7.89. The van der Waals surface area contributed by atoms with Crippen LogP contribution in [0.1, 0.15) is 6.92 Å². The number of nitro groups is 1. The van der Waals surface area contributed by atoms with Crippen LogP contribution < -0.4 is 10.5 Å². The van der Waals surface area contributed by atoms with Crippen molar-refractivity contribution in [2.45, 2.75) is 17.9 Å². The Balaban J connectivity index is 3.18. The highest BCUT2D eigenvalue weighted by Gasteiger charge is 2.21. The number of nitrogens with zero attached hydrogens (tertiary/aromatic N) is 1. The van der Waals surface area contributed by atoms with E-state index in [1.54, 1.807) is 6.92 Å². The highest BCUT2D eigenvalue weighted by atomic mass is 35.5. The molecule has 9 heteroatoms. The number of nitro benzene ring substituents is 1. The van der Waals surface area contributed by atoms with Crippen LogP contribution >= 0.6 is 11.6 Å². The molecule has 18 heavy (non-hydrogen) atoms. The van der Waals surface area contributed by atoms with E-state index in [0.29, 0.717) is 0 Å². The van der Waals surface area contributed by atoms with Crippen molar-refractivity contribution in [3.8, 4) is 0 Å². The first-order valence-corrected chi connectivity index (χ1v) is 6.80. The van der Waals surface area contributed by atoms with Crippen LogP contribution in [0, 0.1) is 10.1 Å². The molecule has 0 saturated heterocycles. The molecule has 0 aromatic heterocycles. The zero-order valence-corrected chi connectivity index (χ0v) is 11.0. The summed E-state index contributed by atoms with van der Waals surface area (Å²) in [4.78, 5) is 9.70. The van der Waals surface area contributed by atoms with Gasteiger partial charge in [0.05, 0.1) is 9.82 Å². The fraction of sp³-hybridized carbons (Fsp3) is 0.333. The summed E-state index contributed by atoms with van der Waals surface area (Å²) in [7, 11) is -3.84. The van der Waals surface area contributed by atoms with E-state index in [1.807, 2.05) is 0 Å². The van der Waals surface area contributed by atoms with Gasteiger partial charge >= 0.3 is 0 Å². The van der Waals surface area contributed by atoms with Gasteiger partial charge in [0.2, 0.25) is 10.0 Å². The van der Waals surface area contributed by atoms with Gasteiger partial charge in [-0.1, -0.05) is 11.6 Å². The van der Waals surface area contributed by atoms with E-state index >= 15 is 0 Å². The quantitative estimate of drug-likeness (QED) is 0.617. The van der Waals surface area contributed by atoms with Crippen LogP contribution in [0.15, 0.2) is 23.1 Å². The van der Waals surface area contributed by atoms with Gasteiger partial charge in [-0.2, -0.15) is 0 Å². The topological polar surface area (TPSA) is 115 Å². The molecule has 0 amide bonds. The summed E-state index contributed by atoms with van der Waals surface area (Å²) in [6.45, 7) is 1.71. The van der Waals surface area contributed by atoms with E-state index < -0.39 is 26.7 Å². The Hall–Kier alpha value is -1.22. The van der Waals surface area contributed by atoms with E-state index in [2.05, 4.69) is 4.72 Å². The molecule has 100 valence electrons. The molecule has 3 N–H and O–H groups in total. The summed E-state index contributed by atoms with van der Waals surface area (Å²) in [5.74, 6) is 0. The molecule has 1 rings (SSSR count). The molecule has 1 aromatic rings. The van der Waals surface area contributed by atoms with Crippen LogP contribution in [0.5, 0.6) is 0 Å². The van der Waals surface area contributed by atoms with Gasteiger partial charge in [0, 0.05) is 18.7 Å². The van der Waals surface area contributed by atoms with E-state index in [4.69, 9.17) is 17.3 Å². The van der Waals surface area contributed by atoms with Crippen molar-refractivity contribution < 1.29 is 13.3 Å². The normalized spacial score (nSPS) is 13.3. The molecular formula is C9H12ClN3O4S. The smallest absolute Gasteiger partial charge is 0.289 e. The Morgan fingerprint density at radius 1 is 1.56 bits per heavy atom. The summed E-state index contributed by atoms with van der Waals surface area (Å²) >= 11 is 5.60. The maximum atomic E-state index is 11.9. The molecule has 0 bridgehead atoms. The molecule has 0 spiro atoms. The van der Waals surface area contributed by atoms with Crippen molar-refractivity contribution in [2.24, 2.45) is 5.73 Å². The molecule has 0 unspecified atom stereocenters. The molecule has 0 aliphatic rings. The largest absolute Gasteiger partial charge is 0.329 e. The molecule has 0 aliphatic heterocycles. The zero-order valence-electron chi connectivity index (χ0n) is 9.46. The van der Waals surface area contributed by atoms with Gasteiger partial charge in [-0.3, -0.25) is 10.1 Å². The molecule has 0 heterocycles. The molecule has 0 radical (unpaired) electrons. The predicted molar refractivity (Wildman–Crippen MR) is 66.9 cm³/mol. The van der Waals surface area contributed by atoms with Crippen molar-refractivity contribution in [1.29, 1.82) is 0 Å². The fourth-order valence-electron chi connectivity index (χ4n) is 1.18. The number of hydrogen-bond acceptors (Lipinski definition) is 5. The lowest BCUT2D eigenvalue weighted by Crippen LogP contribution is -2.37. The number of hydrogen-bond donors (Lipinski definition) is 2. The number of nitrogens with two attached hydrogens (primary N) is 1. The lowest BCUT2D eigenvalue weighted by atomic mass is 10.3. The van der Waals surface area contributed by atoms with Crippen LogP contribution in [-0.2, 0) is 10.0 Å². The van der Waals surface area contributed by atoms with Crippen LogP contribution in [0.3, 0.4) is 0 Å². The van der Waals surface area contributed by atoms with Gasteiger partial charge in [0.15, 0.2) is 0 Å². The van der Waals surface area contributed by atoms with Crippen LogP contribution in [0.2, 0.25) is 5.02 Å². The molecular weight excluding hydrogens is 282 g/mol. The van der Waals surface area contributed by atoms with Crippen molar-refractivity contribution in [3.05, 3.63) is 33.3 Å². The van der Waals surface area contributed by atoms with Gasteiger partial charge in [0.25, 0.3) is 5.69 Å². The second-order valence-corrected chi connectivity index (χ2v) is 5.75. The Labute approximate surface area is 109 Å². The summed E-state index contributed by atoms with van der Waals surface area (Å²) in [6, 6.07) is 2.81. The summed E-state index contributed by atoms with van der Waals surface area (Å²) < 4.78 is 26.0. The minimum Gasteiger partial charge on any atom is -0.329 e. The van der Waals surface area contributed by atoms with Crippen LogP contribution in [-0.4, -0.2) is 25.9 Å². The monoisotopic (exact) mass is 293 g/mol. The van der Waals surface area contributed by atoms with Gasteiger partial charge in [0.1, 0.15) is 5.02 Å². The van der Waals surface area contributed by atoms with E-state index in [0.717, 1.165) is 6.07 Å². The highest BCUT2D eigenvalue weighted by Crippen LogP contribution is 2.26. The third-order valence-corrected chi connectivity index (χ3v) is 4.04. The van der Waals surface area contributed by atoms with Gasteiger partial charge in [-0.05, 0) is 19.1 Å². The van der Waals surface area contributed by atoms with Crippen LogP contribution in [0.25, 0.3) is 0 Å². The average Bonchev–Trinajstić information content (AvgIpc) is 2.28. The third kappa shape index (κ3) is 3.39. The minimum absolute atomic E-state index is 0.120. The summed E-state index contributed by atoms with van der Waals surface area (Å²) in [5, 5.41) is 10.5. The second-order valence-electron chi connectivity index (χ2n) is 3.63. The van der Waals surface area contributed by atoms with Gasteiger partial charge < -0.3 is 5.73 Å².